The van der Waals surface area contributed by atoms with Gasteiger partial charge in [-0.3, -0.25) is 9.89 Å². The molecule has 1 fully saturated rings. The zero-order valence-electron chi connectivity index (χ0n) is 15.3. The van der Waals surface area contributed by atoms with Crippen molar-refractivity contribution in [3.63, 3.8) is 0 Å². The van der Waals surface area contributed by atoms with Gasteiger partial charge in [0.25, 0.3) is 5.91 Å². The Kier molecular flexibility index (Phi) is 4.13. The smallest absolute Gasteiger partial charge is 0.273 e. The highest BCUT2D eigenvalue weighted by Gasteiger charge is 2.43. The summed E-state index contributed by atoms with van der Waals surface area (Å²) in [6.45, 7) is 1.29. The number of aromatic nitrogens is 2. The first kappa shape index (κ1) is 17.0. The number of hydrogen-bond acceptors (Lipinski definition) is 4. The van der Waals surface area contributed by atoms with Crippen LogP contribution in [0.4, 0.5) is 0 Å². The van der Waals surface area contributed by atoms with Crippen molar-refractivity contribution in [2.45, 2.75) is 25.0 Å². The molecule has 3 aromatic rings. The number of carbonyl (C=O) groups is 1. The van der Waals surface area contributed by atoms with Gasteiger partial charge < -0.3 is 14.7 Å². The summed E-state index contributed by atoms with van der Waals surface area (Å²) in [5.74, 6) is 0.146. The fourth-order valence-corrected chi connectivity index (χ4v) is 4.21. The largest absolute Gasteiger partial charge is 0.508 e. The van der Waals surface area contributed by atoms with Crippen molar-refractivity contribution < 1.29 is 14.6 Å². The molecule has 0 radical (unpaired) electrons. The van der Waals surface area contributed by atoms with Gasteiger partial charge in [-0.05, 0) is 30.5 Å². The van der Waals surface area contributed by atoms with Gasteiger partial charge in [0.1, 0.15) is 11.4 Å². The number of phenols is 1. The third-order valence-corrected chi connectivity index (χ3v) is 5.54. The van der Waals surface area contributed by atoms with Crippen molar-refractivity contribution in [2.75, 3.05) is 13.2 Å². The van der Waals surface area contributed by atoms with Crippen LogP contribution in [-0.2, 0) is 4.74 Å². The molecule has 2 aliphatic heterocycles. The Labute approximate surface area is 162 Å². The summed E-state index contributed by atoms with van der Waals surface area (Å²) < 4.78 is 5.80. The summed E-state index contributed by atoms with van der Waals surface area (Å²) >= 11 is 0. The van der Waals surface area contributed by atoms with E-state index in [1.807, 2.05) is 47.4 Å². The standard InChI is InChI=1S/C22H21N3O3/c26-16-10-8-15(9-11-16)21-18-19(14-5-2-1-3-6-14)23-24-20(18)22(27)25(21)13-17-7-4-12-28-17/h1-3,5-6,8-11,17,21,26H,4,7,12-13H2,(H,23,24). The molecule has 0 saturated carbocycles. The second-order valence-corrected chi connectivity index (χ2v) is 7.31. The van der Waals surface area contributed by atoms with E-state index in [9.17, 15) is 9.90 Å². The zero-order chi connectivity index (χ0) is 19.1. The molecule has 6 heteroatoms. The number of aromatic hydroxyl groups is 1. The van der Waals surface area contributed by atoms with E-state index in [-0.39, 0.29) is 23.8 Å². The SMILES string of the molecule is O=C1c2[nH]nc(-c3ccccc3)c2C(c2ccc(O)cc2)N1CC1CCCO1. The number of carbonyl (C=O) groups excluding carboxylic acids is 1. The van der Waals surface area contributed by atoms with E-state index in [1.54, 1.807) is 12.1 Å². The second-order valence-electron chi connectivity index (χ2n) is 7.31. The van der Waals surface area contributed by atoms with Gasteiger partial charge in [0.15, 0.2) is 0 Å². The molecular formula is C22H21N3O3. The van der Waals surface area contributed by atoms with Gasteiger partial charge in [0.2, 0.25) is 0 Å². The van der Waals surface area contributed by atoms with Crippen molar-refractivity contribution >= 4 is 5.91 Å². The molecule has 3 heterocycles. The first-order chi connectivity index (χ1) is 13.7. The highest BCUT2D eigenvalue weighted by Crippen LogP contribution is 2.43. The average Bonchev–Trinajstić information content (AvgIpc) is 3.44. The molecule has 2 aromatic carbocycles. The predicted octanol–water partition coefficient (Wildman–Crippen LogP) is 3.51. The molecule has 142 valence electrons. The maximum atomic E-state index is 13.2. The molecule has 0 spiro atoms. The Hall–Kier alpha value is -3.12. The fraction of sp³-hybridized carbons (Fsp3) is 0.273. The van der Waals surface area contributed by atoms with E-state index in [0.717, 1.165) is 41.8 Å². The summed E-state index contributed by atoms with van der Waals surface area (Å²) in [6, 6.07) is 16.7. The summed E-state index contributed by atoms with van der Waals surface area (Å²) in [7, 11) is 0. The number of benzene rings is 2. The Morgan fingerprint density at radius 2 is 1.93 bits per heavy atom. The highest BCUT2D eigenvalue weighted by molar-refractivity contribution is 6.00. The highest BCUT2D eigenvalue weighted by atomic mass is 16.5. The van der Waals surface area contributed by atoms with Crippen molar-refractivity contribution in [3.8, 4) is 17.0 Å². The van der Waals surface area contributed by atoms with Gasteiger partial charge >= 0.3 is 0 Å². The van der Waals surface area contributed by atoms with Crippen LogP contribution in [0.5, 0.6) is 5.75 Å². The van der Waals surface area contributed by atoms with Gasteiger partial charge in [-0.2, -0.15) is 5.10 Å². The van der Waals surface area contributed by atoms with Crippen molar-refractivity contribution in [1.82, 2.24) is 15.1 Å². The number of H-pyrrole nitrogens is 1. The van der Waals surface area contributed by atoms with E-state index in [1.165, 1.54) is 0 Å². The van der Waals surface area contributed by atoms with Crippen LogP contribution in [0, 0.1) is 0 Å². The molecule has 1 amide bonds. The van der Waals surface area contributed by atoms with Crippen LogP contribution in [0.1, 0.15) is 40.5 Å². The van der Waals surface area contributed by atoms with Crippen LogP contribution in [0.25, 0.3) is 11.3 Å². The van der Waals surface area contributed by atoms with Gasteiger partial charge in [-0.1, -0.05) is 42.5 Å². The Balaban J connectivity index is 1.62. The predicted molar refractivity (Wildman–Crippen MR) is 104 cm³/mol. The minimum Gasteiger partial charge on any atom is -0.508 e. The van der Waals surface area contributed by atoms with Gasteiger partial charge in [-0.25, -0.2) is 0 Å². The number of ether oxygens (including phenoxy) is 1. The first-order valence-electron chi connectivity index (χ1n) is 9.57. The molecule has 28 heavy (non-hydrogen) atoms. The molecule has 6 nitrogen and oxygen atoms in total. The molecule has 0 bridgehead atoms. The molecule has 2 unspecified atom stereocenters. The monoisotopic (exact) mass is 375 g/mol. The lowest BCUT2D eigenvalue weighted by atomic mass is 9.96. The third-order valence-electron chi connectivity index (χ3n) is 5.54. The lowest BCUT2D eigenvalue weighted by molar-refractivity contribution is 0.0495. The van der Waals surface area contributed by atoms with Crippen molar-refractivity contribution in [2.24, 2.45) is 0 Å². The minimum absolute atomic E-state index is 0.0562. The molecule has 2 N–H and O–H groups in total. The molecule has 1 aromatic heterocycles. The van der Waals surface area contributed by atoms with Crippen LogP contribution in [-0.4, -0.2) is 45.4 Å². The summed E-state index contributed by atoms with van der Waals surface area (Å²) in [4.78, 5) is 15.1. The van der Waals surface area contributed by atoms with E-state index >= 15 is 0 Å². The number of rotatable bonds is 4. The molecule has 5 rings (SSSR count). The molecule has 0 aliphatic carbocycles. The quantitative estimate of drug-likeness (QED) is 0.731. The van der Waals surface area contributed by atoms with E-state index < -0.39 is 0 Å². The molecule has 2 aliphatic rings. The van der Waals surface area contributed by atoms with Gasteiger partial charge in [0, 0.05) is 24.3 Å². The Bertz CT molecular complexity index is 992. The van der Waals surface area contributed by atoms with Crippen LogP contribution < -0.4 is 0 Å². The summed E-state index contributed by atoms with van der Waals surface area (Å²) in [5, 5.41) is 17.1. The normalized spacial score (nSPS) is 21.3. The van der Waals surface area contributed by atoms with Gasteiger partial charge in [0.05, 0.1) is 17.8 Å². The van der Waals surface area contributed by atoms with E-state index in [0.29, 0.717) is 12.2 Å². The van der Waals surface area contributed by atoms with Crippen molar-refractivity contribution in [3.05, 3.63) is 71.4 Å². The van der Waals surface area contributed by atoms with Crippen LogP contribution in [0.15, 0.2) is 54.6 Å². The fourth-order valence-electron chi connectivity index (χ4n) is 4.21. The van der Waals surface area contributed by atoms with Crippen LogP contribution in [0.3, 0.4) is 0 Å². The average molecular weight is 375 g/mol. The minimum atomic E-state index is -0.263. The molecule has 2 atom stereocenters. The second kappa shape index (κ2) is 6.80. The summed E-state index contributed by atoms with van der Waals surface area (Å²) in [6.07, 6.45) is 2.04. The maximum absolute atomic E-state index is 13.2. The number of nitrogens with one attached hydrogen (secondary N) is 1. The maximum Gasteiger partial charge on any atom is 0.273 e. The number of amides is 1. The topological polar surface area (TPSA) is 78.5 Å². The number of hydrogen-bond donors (Lipinski definition) is 2. The number of nitrogens with zero attached hydrogens (tertiary/aromatic N) is 2. The number of fused-ring (bicyclic) bond motifs is 1. The summed E-state index contributed by atoms with van der Waals surface area (Å²) in [5.41, 5.74) is 4.13. The van der Waals surface area contributed by atoms with E-state index in [2.05, 4.69) is 10.2 Å². The van der Waals surface area contributed by atoms with Gasteiger partial charge in [-0.15, -0.1) is 0 Å². The first-order valence-corrected chi connectivity index (χ1v) is 9.57. The van der Waals surface area contributed by atoms with E-state index in [4.69, 9.17) is 4.74 Å². The van der Waals surface area contributed by atoms with Crippen LogP contribution in [0.2, 0.25) is 0 Å². The Morgan fingerprint density at radius 1 is 1.14 bits per heavy atom. The lowest BCUT2D eigenvalue weighted by Crippen LogP contribution is -2.36. The Morgan fingerprint density at radius 3 is 2.64 bits per heavy atom. The van der Waals surface area contributed by atoms with Crippen molar-refractivity contribution in [1.29, 1.82) is 0 Å². The molecular weight excluding hydrogens is 354 g/mol. The number of phenolic OH excluding ortho intramolecular Hbond substituents is 1. The zero-order valence-corrected chi connectivity index (χ0v) is 15.3. The third kappa shape index (κ3) is 2.77. The lowest BCUT2D eigenvalue weighted by Gasteiger charge is -2.28. The number of aromatic amines is 1. The molecule has 1 saturated heterocycles. The van der Waals surface area contributed by atoms with Crippen LogP contribution >= 0.6 is 0 Å².